The summed E-state index contributed by atoms with van der Waals surface area (Å²) in [6, 6.07) is 22.8. The van der Waals surface area contributed by atoms with Gasteiger partial charge in [-0.05, 0) is 55.5 Å². The first-order valence-corrected chi connectivity index (χ1v) is 15.5. The van der Waals surface area contributed by atoms with Crippen molar-refractivity contribution in [1.82, 2.24) is 18.9 Å². The Labute approximate surface area is 242 Å². The highest BCUT2D eigenvalue weighted by Gasteiger charge is 2.43. The number of benzene rings is 2. The van der Waals surface area contributed by atoms with Crippen molar-refractivity contribution < 1.29 is 22.7 Å². The number of methoxy groups -OCH3 is 1. The molecular formula is C31H38N4O5S. The standard InChI is InChI=1S/C31H38N4O5S/c1-39-29-13-6-5-12-28(29)30(36)33-24-31(25-9-3-2-4-10-25)16-14-27(15-17-31)35(23-26-11-7-8-18-32-26)41(37,38)34-19-21-40-22-20-34/h2-13,18,27H,14-17,19-24H2,1H3,(H,33,36). The van der Waals surface area contributed by atoms with Crippen LogP contribution in [-0.2, 0) is 26.9 Å². The fraction of sp³-hybridized carbons (Fsp3) is 0.419. The molecule has 2 aliphatic rings. The van der Waals surface area contributed by atoms with Gasteiger partial charge in [0.05, 0.1) is 38.1 Å². The van der Waals surface area contributed by atoms with Crippen molar-refractivity contribution in [3.63, 3.8) is 0 Å². The Bertz CT molecular complexity index is 1390. The maximum absolute atomic E-state index is 14.0. The summed E-state index contributed by atoms with van der Waals surface area (Å²) in [4.78, 5) is 17.7. The molecule has 0 bridgehead atoms. The van der Waals surface area contributed by atoms with E-state index in [1.54, 1.807) is 29.7 Å². The summed E-state index contributed by atoms with van der Waals surface area (Å²) in [5.41, 5.74) is 2.03. The van der Waals surface area contributed by atoms with E-state index in [2.05, 4.69) is 22.4 Å². The Balaban J connectivity index is 1.38. The molecule has 1 aliphatic carbocycles. The summed E-state index contributed by atoms with van der Waals surface area (Å²) in [7, 11) is -2.17. The molecule has 2 aromatic carbocycles. The predicted octanol–water partition coefficient (Wildman–Crippen LogP) is 3.78. The average molecular weight is 579 g/mol. The highest BCUT2D eigenvalue weighted by Crippen LogP contribution is 2.41. The molecule has 3 aromatic rings. The molecule has 41 heavy (non-hydrogen) atoms. The Morgan fingerprint density at radius 3 is 2.39 bits per heavy atom. The minimum Gasteiger partial charge on any atom is -0.496 e. The molecule has 1 N–H and O–H groups in total. The zero-order valence-electron chi connectivity index (χ0n) is 23.4. The molecule has 0 spiro atoms. The molecule has 1 amide bonds. The van der Waals surface area contributed by atoms with Gasteiger partial charge in [-0.1, -0.05) is 48.5 Å². The zero-order chi connectivity index (χ0) is 28.7. The van der Waals surface area contributed by atoms with Crippen molar-refractivity contribution in [2.75, 3.05) is 40.0 Å². The molecule has 9 nitrogen and oxygen atoms in total. The van der Waals surface area contributed by atoms with Gasteiger partial charge < -0.3 is 14.8 Å². The largest absolute Gasteiger partial charge is 0.496 e. The first kappa shape index (κ1) is 29.2. The minimum absolute atomic E-state index is 0.188. The van der Waals surface area contributed by atoms with Crippen LogP contribution >= 0.6 is 0 Å². The smallest absolute Gasteiger partial charge is 0.282 e. The van der Waals surface area contributed by atoms with Crippen molar-refractivity contribution >= 4 is 16.1 Å². The maximum Gasteiger partial charge on any atom is 0.282 e. The minimum atomic E-state index is -3.73. The number of ether oxygens (including phenoxy) is 2. The Kier molecular flexibility index (Phi) is 9.34. The molecule has 1 aromatic heterocycles. The summed E-state index contributed by atoms with van der Waals surface area (Å²) < 4.78 is 41.9. The first-order valence-electron chi connectivity index (χ1n) is 14.1. The van der Waals surface area contributed by atoms with E-state index >= 15 is 0 Å². The second-order valence-corrected chi connectivity index (χ2v) is 12.5. The number of hydrogen-bond acceptors (Lipinski definition) is 6. The van der Waals surface area contributed by atoms with Crippen molar-refractivity contribution in [2.24, 2.45) is 0 Å². The molecule has 2 heterocycles. The van der Waals surface area contributed by atoms with Gasteiger partial charge in [-0.25, -0.2) is 0 Å². The van der Waals surface area contributed by atoms with Crippen LogP contribution in [0, 0.1) is 0 Å². The van der Waals surface area contributed by atoms with Gasteiger partial charge in [-0.2, -0.15) is 17.0 Å². The lowest BCUT2D eigenvalue weighted by Gasteiger charge is -2.44. The van der Waals surface area contributed by atoms with Crippen LogP contribution in [0.1, 0.15) is 47.3 Å². The third kappa shape index (κ3) is 6.62. The van der Waals surface area contributed by atoms with Crippen LogP contribution in [0.3, 0.4) is 0 Å². The molecular weight excluding hydrogens is 540 g/mol. The van der Waals surface area contributed by atoms with Gasteiger partial charge in [0.2, 0.25) is 0 Å². The number of nitrogens with one attached hydrogen (secondary N) is 1. The van der Waals surface area contributed by atoms with Crippen LogP contribution in [0.4, 0.5) is 0 Å². The third-order valence-corrected chi connectivity index (χ3v) is 10.3. The lowest BCUT2D eigenvalue weighted by Crippen LogP contribution is -2.54. The highest BCUT2D eigenvalue weighted by molar-refractivity contribution is 7.86. The molecule has 5 rings (SSSR count). The van der Waals surface area contributed by atoms with E-state index in [0.717, 1.165) is 18.4 Å². The van der Waals surface area contributed by atoms with Crippen LogP contribution in [0.15, 0.2) is 79.0 Å². The number of aromatic nitrogens is 1. The van der Waals surface area contributed by atoms with E-state index in [9.17, 15) is 13.2 Å². The molecule has 1 aliphatic heterocycles. The van der Waals surface area contributed by atoms with E-state index < -0.39 is 10.2 Å². The van der Waals surface area contributed by atoms with Gasteiger partial charge in [-0.3, -0.25) is 9.78 Å². The molecule has 2 fully saturated rings. The maximum atomic E-state index is 14.0. The topological polar surface area (TPSA) is 101 Å². The van der Waals surface area contributed by atoms with Crippen LogP contribution < -0.4 is 10.1 Å². The summed E-state index contributed by atoms with van der Waals surface area (Å²) in [5, 5.41) is 3.17. The molecule has 0 radical (unpaired) electrons. The normalized spacial score (nSPS) is 21.9. The summed E-state index contributed by atoms with van der Waals surface area (Å²) >= 11 is 0. The van der Waals surface area contributed by atoms with Gasteiger partial charge >= 0.3 is 0 Å². The lowest BCUT2D eigenvalue weighted by molar-refractivity contribution is 0.0673. The molecule has 0 atom stereocenters. The first-order chi connectivity index (χ1) is 19.9. The van der Waals surface area contributed by atoms with Crippen LogP contribution in [0.25, 0.3) is 0 Å². The third-order valence-electron chi connectivity index (χ3n) is 8.28. The van der Waals surface area contributed by atoms with E-state index in [0.29, 0.717) is 62.7 Å². The molecule has 1 saturated carbocycles. The van der Waals surface area contributed by atoms with E-state index in [4.69, 9.17) is 9.47 Å². The molecule has 10 heteroatoms. The number of carbonyl (C=O) groups excluding carboxylic acids is 1. The SMILES string of the molecule is COc1ccccc1C(=O)NCC1(c2ccccc2)CCC(N(Cc2ccccn2)S(=O)(=O)N2CCOCC2)CC1. The number of para-hydroxylation sites is 1. The molecule has 1 saturated heterocycles. The Morgan fingerprint density at radius 1 is 1.02 bits per heavy atom. The number of rotatable bonds is 10. The fourth-order valence-corrected chi connectivity index (χ4v) is 7.75. The summed E-state index contributed by atoms with van der Waals surface area (Å²) in [6.07, 6.45) is 4.47. The second kappa shape index (κ2) is 13.1. The summed E-state index contributed by atoms with van der Waals surface area (Å²) in [6.45, 7) is 2.13. The van der Waals surface area contributed by atoms with Crippen molar-refractivity contribution in [3.05, 3.63) is 95.8 Å². The van der Waals surface area contributed by atoms with Gasteiger partial charge in [-0.15, -0.1) is 0 Å². The number of carbonyl (C=O) groups is 1. The predicted molar refractivity (Wildman–Crippen MR) is 157 cm³/mol. The second-order valence-electron chi connectivity index (χ2n) is 10.6. The van der Waals surface area contributed by atoms with E-state index in [-0.39, 0.29) is 23.9 Å². The van der Waals surface area contributed by atoms with Gasteiger partial charge in [0.25, 0.3) is 16.1 Å². The summed E-state index contributed by atoms with van der Waals surface area (Å²) in [5.74, 6) is 0.340. The number of pyridine rings is 1. The van der Waals surface area contributed by atoms with E-state index in [1.807, 2.05) is 48.5 Å². The van der Waals surface area contributed by atoms with Gasteiger partial charge in [0, 0.05) is 37.3 Å². The van der Waals surface area contributed by atoms with Crippen molar-refractivity contribution in [1.29, 1.82) is 0 Å². The molecule has 218 valence electrons. The Hall–Kier alpha value is -3.31. The van der Waals surface area contributed by atoms with Gasteiger partial charge in [0.1, 0.15) is 5.75 Å². The zero-order valence-corrected chi connectivity index (χ0v) is 24.3. The number of morpholine rings is 1. The van der Waals surface area contributed by atoms with Crippen molar-refractivity contribution in [2.45, 2.75) is 43.7 Å². The number of hydrogen-bond donors (Lipinski definition) is 1. The highest BCUT2D eigenvalue weighted by atomic mass is 32.2. The van der Waals surface area contributed by atoms with Gasteiger partial charge in [0.15, 0.2) is 0 Å². The Morgan fingerprint density at radius 2 is 1.71 bits per heavy atom. The lowest BCUT2D eigenvalue weighted by atomic mass is 9.68. The fourth-order valence-electron chi connectivity index (χ4n) is 5.96. The quantitative estimate of drug-likeness (QED) is 0.393. The monoisotopic (exact) mass is 578 g/mol. The molecule has 0 unspecified atom stereocenters. The average Bonchev–Trinajstić information content (AvgIpc) is 3.04. The van der Waals surface area contributed by atoms with Crippen LogP contribution in [0.5, 0.6) is 5.75 Å². The van der Waals surface area contributed by atoms with Crippen molar-refractivity contribution in [3.8, 4) is 5.75 Å². The van der Waals surface area contributed by atoms with Crippen LogP contribution in [0.2, 0.25) is 0 Å². The number of nitrogens with zero attached hydrogens (tertiary/aromatic N) is 3. The van der Waals surface area contributed by atoms with E-state index in [1.165, 1.54) is 4.31 Å². The van der Waals surface area contributed by atoms with Crippen LogP contribution in [-0.4, -0.2) is 73.9 Å². The number of amides is 1.